The predicted molar refractivity (Wildman–Crippen MR) is 124 cm³/mol. The number of nitrogens with zero attached hydrogens (tertiary/aromatic N) is 2. The molecule has 0 radical (unpaired) electrons. The van der Waals surface area contributed by atoms with Crippen molar-refractivity contribution in [3.05, 3.63) is 85.1 Å². The number of anilines is 2. The standard InChI is InChI=1S/C26H26N4/c1-27-24-12-6-5-11-23(24)25-19-30(26-28-17-7-8-18-29(25)26)22-15-13-21(14-16-22)20-9-3-2-4-10-20/h2-6,9-16,19,27H,7-8,17-18H2,1H3/p+1. The fourth-order valence-electron chi connectivity index (χ4n) is 4.28. The summed E-state index contributed by atoms with van der Waals surface area (Å²) < 4.78 is 4.72. The van der Waals surface area contributed by atoms with E-state index in [1.807, 2.05) is 7.05 Å². The van der Waals surface area contributed by atoms with E-state index in [0.29, 0.717) is 0 Å². The van der Waals surface area contributed by atoms with Crippen LogP contribution < -0.4 is 15.2 Å². The van der Waals surface area contributed by atoms with Gasteiger partial charge in [-0.3, -0.25) is 5.32 Å². The van der Waals surface area contributed by atoms with Gasteiger partial charge in [-0.1, -0.05) is 54.6 Å². The number of benzene rings is 3. The predicted octanol–water partition coefficient (Wildman–Crippen LogP) is 5.35. The maximum Gasteiger partial charge on any atom is 0.362 e. The maximum absolute atomic E-state index is 3.67. The fraction of sp³-hybridized carbons (Fsp3) is 0.192. The van der Waals surface area contributed by atoms with E-state index in [1.54, 1.807) is 0 Å². The van der Waals surface area contributed by atoms with E-state index >= 15 is 0 Å². The van der Waals surface area contributed by atoms with Gasteiger partial charge in [0.1, 0.15) is 17.6 Å². The molecule has 2 heterocycles. The highest BCUT2D eigenvalue weighted by molar-refractivity contribution is 5.74. The summed E-state index contributed by atoms with van der Waals surface area (Å²) in [6, 6.07) is 27.9. The van der Waals surface area contributed by atoms with Crippen LogP contribution in [0.1, 0.15) is 12.8 Å². The van der Waals surface area contributed by atoms with Gasteiger partial charge < -0.3 is 5.32 Å². The Balaban J connectivity index is 1.61. The van der Waals surface area contributed by atoms with Crippen LogP contribution in [0, 0.1) is 0 Å². The van der Waals surface area contributed by atoms with Crippen molar-refractivity contribution in [2.45, 2.75) is 19.4 Å². The summed E-state index contributed by atoms with van der Waals surface area (Å²) in [6.45, 7) is 2.02. The lowest BCUT2D eigenvalue weighted by molar-refractivity contribution is -0.670. The molecule has 150 valence electrons. The molecule has 0 saturated heterocycles. The third kappa shape index (κ3) is 3.35. The molecule has 30 heavy (non-hydrogen) atoms. The average Bonchev–Trinajstić information content (AvgIpc) is 3.00. The molecule has 1 aliphatic rings. The Hall–Kier alpha value is -3.53. The van der Waals surface area contributed by atoms with Crippen LogP contribution in [-0.4, -0.2) is 18.2 Å². The van der Waals surface area contributed by atoms with Gasteiger partial charge in [-0.05, 0) is 48.2 Å². The number of aromatic nitrogens is 2. The Morgan fingerprint density at radius 1 is 0.833 bits per heavy atom. The van der Waals surface area contributed by atoms with Crippen molar-refractivity contribution in [3.63, 3.8) is 0 Å². The quantitative estimate of drug-likeness (QED) is 0.457. The Labute approximate surface area is 177 Å². The van der Waals surface area contributed by atoms with E-state index in [0.717, 1.165) is 24.7 Å². The number of fused-ring (bicyclic) bond motifs is 1. The topological polar surface area (TPSA) is 32.9 Å². The highest BCUT2D eigenvalue weighted by atomic mass is 15.3. The lowest BCUT2D eigenvalue weighted by Crippen LogP contribution is -2.36. The Morgan fingerprint density at radius 3 is 2.37 bits per heavy atom. The zero-order valence-corrected chi connectivity index (χ0v) is 17.3. The monoisotopic (exact) mass is 395 g/mol. The number of para-hydroxylation sites is 1. The Morgan fingerprint density at radius 2 is 1.57 bits per heavy atom. The number of imidazole rings is 1. The SMILES string of the molecule is CNc1ccccc1-c1cn(-c2ccc(-c3ccccc3)cc2)c2[n+]1CCCCN2. The van der Waals surface area contributed by atoms with Crippen LogP contribution in [0.2, 0.25) is 0 Å². The molecule has 2 N–H and O–H groups in total. The maximum atomic E-state index is 3.67. The third-order valence-electron chi connectivity index (χ3n) is 5.84. The Bertz CT molecular complexity index is 1140. The average molecular weight is 396 g/mol. The van der Waals surface area contributed by atoms with Crippen molar-refractivity contribution in [1.82, 2.24) is 4.57 Å². The van der Waals surface area contributed by atoms with Crippen molar-refractivity contribution < 1.29 is 4.57 Å². The molecular formula is C26H27N4+. The van der Waals surface area contributed by atoms with Crippen LogP contribution in [0.25, 0.3) is 28.1 Å². The molecule has 0 unspecified atom stereocenters. The zero-order chi connectivity index (χ0) is 20.3. The molecular weight excluding hydrogens is 368 g/mol. The molecule has 0 bridgehead atoms. The van der Waals surface area contributed by atoms with E-state index in [2.05, 4.69) is 105 Å². The number of nitrogens with one attached hydrogen (secondary N) is 2. The summed E-state index contributed by atoms with van der Waals surface area (Å²) in [5.74, 6) is 1.15. The van der Waals surface area contributed by atoms with Gasteiger partial charge >= 0.3 is 5.95 Å². The molecule has 1 aliphatic heterocycles. The summed E-state index contributed by atoms with van der Waals surface area (Å²) in [6.07, 6.45) is 4.62. The first kappa shape index (κ1) is 18.5. The molecule has 5 rings (SSSR count). The highest BCUT2D eigenvalue weighted by Crippen LogP contribution is 2.30. The Kier molecular flexibility index (Phi) is 4.98. The van der Waals surface area contributed by atoms with Crippen LogP contribution in [0.3, 0.4) is 0 Å². The number of hydrogen-bond acceptors (Lipinski definition) is 2. The normalized spacial score (nSPS) is 13.2. The number of hydrogen-bond donors (Lipinski definition) is 2. The molecule has 3 aromatic carbocycles. The van der Waals surface area contributed by atoms with Gasteiger partial charge in [-0.15, -0.1) is 0 Å². The summed E-state index contributed by atoms with van der Waals surface area (Å²) in [7, 11) is 1.99. The van der Waals surface area contributed by atoms with Crippen LogP contribution >= 0.6 is 0 Å². The first-order valence-electron chi connectivity index (χ1n) is 10.7. The summed E-state index contributed by atoms with van der Waals surface area (Å²) in [4.78, 5) is 0. The molecule has 0 spiro atoms. The molecule has 0 atom stereocenters. The van der Waals surface area contributed by atoms with Crippen LogP contribution in [-0.2, 0) is 6.54 Å². The summed E-state index contributed by atoms with van der Waals surface area (Å²) in [5, 5.41) is 7.02. The van der Waals surface area contributed by atoms with Crippen LogP contribution in [0.4, 0.5) is 11.6 Å². The molecule has 0 amide bonds. The first-order valence-corrected chi connectivity index (χ1v) is 10.7. The lowest BCUT2D eigenvalue weighted by Gasteiger charge is -2.08. The molecule has 0 aliphatic carbocycles. The molecule has 4 aromatic rings. The van der Waals surface area contributed by atoms with E-state index in [1.165, 1.54) is 40.9 Å². The highest BCUT2D eigenvalue weighted by Gasteiger charge is 2.26. The lowest BCUT2D eigenvalue weighted by atomic mass is 10.1. The smallest absolute Gasteiger partial charge is 0.362 e. The zero-order valence-electron chi connectivity index (χ0n) is 17.3. The second kappa shape index (κ2) is 8.07. The van der Waals surface area contributed by atoms with E-state index in [-0.39, 0.29) is 0 Å². The second-order valence-corrected chi connectivity index (χ2v) is 7.70. The minimum absolute atomic E-state index is 0.999. The van der Waals surface area contributed by atoms with Crippen molar-refractivity contribution in [3.8, 4) is 28.1 Å². The van der Waals surface area contributed by atoms with Gasteiger partial charge in [0.2, 0.25) is 0 Å². The van der Waals surface area contributed by atoms with Crippen LogP contribution in [0.15, 0.2) is 85.1 Å². The molecule has 4 nitrogen and oxygen atoms in total. The van der Waals surface area contributed by atoms with Crippen molar-refractivity contribution in [2.75, 3.05) is 24.2 Å². The molecule has 0 fully saturated rings. The van der Waals surface area contributed by atoms with Crippen LogP contribution in [0.5, 0.6) is 0 Å². The van der Waals surface area contributed by atoms with Gasteiger partial charge in [0.25, 0.3) is 0 Å². The third-order valence-corrected chi connectivity index (χ3v) is 5.84. The number of rotatable bonds is 4. The summed E-state index contributed by atoms with van der Waals surface area (Å²) in [5.41, 5.74) is 7.25. The van der Waals surface area contributed by atoms with Crippen molar-refractivity contribution >= 4 is 11.6 Å². The second-order valence-electron chi connectivity index (χ2n) is 7.70. The van der Waals surface area contributed by atoms with Gasteiger partial charge in [-0.25, -0.2) is 9.13 Å². The largest absolute Gasteiger partial charge is 0.388 e. The molecule has 1 aromatic heterocycles. The minimum Gasteiger partial charge on any atom is -0.388 e. The molecule has 4 heteroatoms. The first-order chi connectivity index (χ1) is 14.8. The molecule has 0 saturated carbocycles. The van der Waals surface area contributed by atoms with Gasteiger partial charge in [-0.2, -0.15) is 0 Å². The van der Waals surface area contributed by atoms with E-state index in [9.17, 15) is 0 Å². The van der Waals surface area contributed by atoms with E-state index < -0.39 is 0 Å². The fourth-order valence-corrected chi connectivity index (χ4v) is 4.28. The van der Waals surface area contributed by atoms with Crippen molar-refractivity contribution in [2.24, 2.45) is 0 Å². The van der Waals surface area contributed by atoms with Gasteiger partial charge in [0.15, 0.2) is 0 Å². The van der Waals surface area contributed by atoms with Crippen molar-refractivity contribution in [1.29, 1.82) is 0 Å². The van der Waals surface area contributed by atoms with E-state index in [4.69, 9.17) is 0 Å². The van der Waals surface area contributed by atoms with Gasteiger partial charge in [0.05, 0.1) is 13.1 Å². The van der Waals surface area contributed by atoms with Gasteiger partial charge in [0, 0.05) is 18.3 Å². The minimum atomic E-state index is 0.999. The summed E-state index contributed by atoms with van der Waals surface area (Å²) >= 11 is 0.